The number of hydrogen-bond donors (Lipinski definition) is 1. The lowest BCUT2D eigenvalue weighted by molar-refractivity contribution is 0.507. The summed E-state index contributed by atoms with van der Waals surface area (Å²) in [7, 11) is 0. The van der Waals surface area contributed by atoms with E-state index in [0.717, 1.165) is 12.1 Å². The molecule has 0 aliphatic heterocycles. The zero-order chi connectivity index (χ0) is 16.4. The van der Waals surface area contributed by atoms with Crippen LogP contribution >= 0.6 is 34.8 Å². The molecule has 2 rings (SSSR count). The van der Waals surface area contributed by atoms with Crippen molar-refractivity contribution in [2.24, 2.45) is 5.10 Å². The van der Waals surface area contributed by atoms with Gasteiger partial charge in [-0.15, -0.1) is 0 Å². The summed E-state index contributed by atoms with van der Waals surface area (Å²) in [5.74, 6) is -1.83. The molecule has 0 radical (unpaired) electrons. The first kappa shape index (κ1) is 17.0. The van der Waals surface area contributed by atoms with Crippen LogP contribution in [0.1, 0.15) is 18.1 Å². The van der Waals surface area contributed by atoms with Crippen LogP contribution in [-0.4, -0.2) is 5.71 Å². The molecule has 0 aliphatic carbocycles. The number of nitrogens with zero attached hydrogens (tertiary/aromatic N) is 1. The molecule has 0 amide bonds. The summed E-state index contributed by atoms with van der Waals surface area (Å²) in [6, 6.07) is 5.25. The van der Waals surface area contributed by atoms with Crippen molar-refractivity contribution < 1.29 is 8.78 Å². The van der Waals surface area contributed by atoms with Gasteiger partial charge >= 0.3 is 0 Å². The normalized spacial score (nSPS) is 11.7. The summed E-state index contributed by atoms with van der Waals surface area (Å²) in [5, 5.41) is 5.12. The van der Waals surface area contributed by atoms with E-state index in [1.54, 1.807) is 13.8 Å². The fourth-order valence-corrected chi connectivity index (χ4v) is 2.79. The van der Waals surface area contributed by atoms with E-state index in [1.165, 1.54) is 12.1 Å². The van der Waals surface area contributed by atoms with Gasteiger partial charge in [-0.05, 0) is 43.7 Å². The number of benzene rings is 2. The van der Waals surface area contributed by atoms with Crippen molar-refractivity contribution >= 4 is 46.2 Å². The molecule has 0 unspecified atom stereocenters. The molecule has 0 aliphatic rings. The lowest BCUT2D eigenvalue weighted by Gasteiger charge is -2.10. The molecule has 0 spiro atoms. The number of halogens is 5. The highest BCUT2D eigenvalue weighted by molar-refractivity contribution is 6.41. The third-order valence-electron chi connectivity index (χ3n) is 3.00. The highest BCUT2D eigenvalue weighted by atomic mass is 35.5. The van der Waals surface area contributed by atoms with Crippen LogP contribution in [0.25, 0.3) is 0 Å². The standard InChI is InChI=1S/C15H11Cl3F2N2/c1-7-3-13(19)14(20)6-10(7)8(2)21-22-15-11(17)4-9(16)5-12(15)18/h3-6,22H,1-2H3/b21-8+. The average Bonchev–Trinajstić information content (AvgIpc) is 2.41. The molecule has 0 fully saturated rings. The maximum absolute atomic E-state index is 13.3. The Morgan fingerprint density at radius 3 is 2.14 bits per heavy atom. The van der Waals surface area contributed by atoms with Crippen molar-refractivity contribution in [2.45, 2.75) is 13.8 Å². The Morgan fingerprint density at radius 1 is 1.00 bits per heavy atom. The Bertz CT molecular complexity index is 738. The first-order valence-electron chi connectivity index (χ1n) is 6.20. The van der Waals surface area contributed by atoms with Gasteiger partial charge in [0.2, 0.25) is 0 Å². The maximum atomic E-state index is 13.3. The van der Waals surface area contributed by atoms with Gasteiger partial charge < -0.3 is 0 Å². The first-order chi connectivity index (χ1) is 10.3. The molecule has 7 heteroatoms. The van der Waals surface area contributed by atoms with Gasteiger partial charge in [0, 0.05) is 10.6 Å². The second-order valence-corrected chi connectivity index (χ2v) is 5.89. The number of hydrogen-bond acceptors (Lipinski definition) is 2. The van der Waals surface area contributed by atoms with Gasteiger partial charge in [-0.2, -0.15) is 5.10 Å². The van der Waals surface area contributed by atoms with Crippen molar-refractivity contribution in [2.75, 3.05) is 5.43 Å². The first-order valence-corrected chi connectivity index (χ1v) is 7.34. The van der Waals surface area contributed by atoms with E-state index in [-0.39, 0.29) is 0 Å². The zero-order valence-corrected chi connectivity index (χ0v) is 13.9. The summed E-state index contributed by atoms with van der Waals surface area (Å²) in [5.41, 5.74) is 4.60. The van der Waals surface area contributed by atoms with Gasteiger partial charge in [0.25, 0.3) is 0 Å². The smallest absolute Gasteiger partial charge is 0.159 e. The molecule has 2 aromatic carbocycles. The number of hydrazone groups is 1. The Hall–Kier alpha value is -1.36. The molecule has 0 saturated carbocycles. The number of anilines is 1. The van der Waals surface area contributed by atoms with Crippen LogP contribution in [0, 0.1) is 18.6 Å². The monoisotopic (exact) mass is 362 g/mol. The summed E-state index contributed by atoms with van der Waals surface area (Å²) in [4.78, 5) is 0. The molecule has 0 atom stereocenters. The predicted molar refractivity (Wildman–Crippen MR) is 88.4 cm³/mol. The molecule has 0 bridgehead atoms. The van der Waals surface area contributed by atoms with E-state index < -0.39 is 11.6 Å². The van der Waals surface area contributed by atoms with Crippen LogP contribution in [0.4, 0.5) is 14.5 Å². The second-order valence-electron chi connectivity index (χ2n) is 4.63. The SMILES string of the molecule is C/C(=N\Nc1c(Cl)cc(Cl)cc1Cl)c1cc(F)c(F)cc1C. The van der Waals surface area contributed by atoms with Crippen LogP contribution < -0.4 is 5.43 Å². The Kier molecular flexibility index (Phi) is 5.27. The van der Waals surface area contributed by atoms with E-state index >= 15 is 0 Å². The minimum atomic E-state index is -0.933. The molecule has 22 heavy (non-hydrogen) atoms. The Balaban J connectivity index is 2.33. The van der Waals surface area contributed by atoms with Crippen molar-refractivity contribution in [3.8, 4) is 0 Å². The molecule has 1 N–H and O–H groups in total. The Morgan fingerprint density at radius 2 is 1.55 bits per heavy atom. The highest BCUT2D eigenvalue weighted by Crippen LogP contribution is 2.33. The summed E-state index contributed by atoms with van der Waals surface area (Å²) in [6.07, 6.45) is 0. The Labute approximate surface area is 141 Å². The minimum absolute atomic E-state index is 0.302. The average molecular weight is 364 g/mol. The molecule has 0 saturated heterocycles. The lowest BCUT2D eigenvalue weighted by atomic mass is 10.0. The maximum Gasteiger partial charge on any atom is 0.159 e. The number of nitrogens with one attached hydrogen (secondary N) is 1. The number of aryl methyl sites for hydroxylation is 1. The number of rotatable bonds is 3. The van der Waals surface area contributed by atoms with Gasteiger partial charge in [-0.3, -0.25) is 5.43 Å². The molecule has 0 aromatic heterocycles. The summed E-state index contributed by atoms with van der Waals surface area (Å²) >= 11 is 17.9. The molecule has 2 aromatic rings. The lowest BCUT2D eigenvalue weighted by Crippen LogP contribution is -2.04. The van der Waals surface area contributed by atoms with Crippen LogP contribution in [0.3, 0.4) is 0 Å². The topological polar surface area (TPSA) is 24.4 Å². The summed E-state index contributed by atoms with van der Waals surface area (Å²) in [6.45, 7) is 3.32. The zero-order valence-electron chi connectivity index (χ0n) is 11.6. The van der Waals surface area contributed by atoms with Crippen LogP contribution in [0.15, 0.2) is 29.4 Å². The van der Waals surface area contributed by atoms with Crippen molar-refractivity contribution in [3.05, 3.63) is 62.1 Å². The van der Waals surface area contributed by atoms with E-state index in [9.17, 15) is 8.78 Å². The fraction of sp³-hybridized carbons (Fsp3) is 0.133. The van der Waals surface area contributed by atoms with Crippen LogP contribution in [-0.2, 0) is 0 Å². The van der Waals surface area contributed by atoms with Gasteiger partial charge in [0.05, 0.1) is 21.4 Å². The molecule has 116 valence electrons. The van der Waals surface area contributed by atoms with Crippen LogP contribution in [0.5, 0.6) is 0 Å². The van der Waals surface area contributed by atoms with Gasteiger partial charge in [-0.25, -0.2) is 8.78 Å². The largest absolute Gasteiger partial charge is 0.275 e. The van der Waals surface area contributed by atoms with Gasteiger partial charge in [-0.1, -0.05) is 34.8 Å². The third kappa shape index (κ3) is 3.69. The van der Waals surface area contributed by atoms with Crippen molar-refractivity contribution in [1.82, 2.24) is 0 Å². The van der Waals surface area contributed by atoms with E-state index in [4.69, 9.17) is 34.8 Å². The van der Waals surface area contributed by atoms with Crippen molar-refractivity contribution in [3.63, 3.8) is 0 Å². The molecule has 0 heterocycles. The van der Waals surface area contributed by atoms with Gasteiger partial charge in [0.15, 0.2) is 11.6 Å². The molecular weight excluding hydrogens is 353 g/mol. The second kappa shape index (κ2) is 6.82. The molecular formula is C15H11Cl3F2N2. The highest BCUT2D eigenvalue weighted by Gasteiger charge is 2.11. The quantitative estimate of drug-likeness (QED) is 0.519. The van der Waals surface area contributed by atoms with E-state index in [1.807, 2.05) is 0 Å². The predicted octanol–water partition coefficient (Wildman–Crippen LogP) is 6.07. The van der Waals surface area contributed by atoms with E-state index in [2.05, 4.69) is 10.5 Å². The minimum Gasteiger partial charge on any atom is -0.275 e. The third-order valence-corrected chi connectivity index (χ3v) is 3.81. The van der Waals surface area contributed by atoms with Crippen molar-refractivity contribution in [1.29, 1.82) is 0 Å². The van der Waals surface area contributed by atoms with Crippen LogP contribution in [0.2, 0.25) is 15.1 Å². The summed E-state index contributed by atoms with van der Waals surface area (Å²) < 4.78 is 26.5. The van der Waals surface area contributed by atoms with Gasteiger partial charge in [0.1, 0.15) is 0 Å². The van der Waals surface area contributed by atoms with E-state index in [0.29, 0.717) is 37.6 Å². The molecule has 2 nitrogen and oxygen atoms in total. The fourth-order valence-electron chi connectivity index (χ4n) is 1.89.